The van der Waals surface area contributed by atoms with Crippen molar-refractivity contribution in [3.05, 3.63) is 29.8 Å². The van der Waals surface area contributed by atoms with Gasteiger partial charge in [-0.15, -0.1) is 0 Å². The Morgan fingerprint density at radius 1 is 1.38 bits per heavy atom. The van der Waals surface area contributed by atoms with Crippen molar-refractivity contribution < 1.29 is 18.3 Å². The van der Waals surface area contributed by atoms with Crippen molar-refractivity contribution in [1.29, 1.82) is 0 Å². The number of carbonyl (C=O) groups is 1. The smallest absolute Gasteiger partial charge is 0.262 e. The van der Waals surface area contributed by atoms with Crippen LogP contribution in [0, 0.1) is 0 Å². The van der Waals surface area contributed by atoms with Gasteiger partial charge in [0.25, 0.3) is 5.92 Å². The summed E-state index contributed by atoms with van der Waals surface area (Å²) < 4.78 is 32.7. The van der Waals surface area contributed by atoms with E-state index >= 15 is 0 Å². The lowest BCUT2D eigenvalue weighted by molar-refractivity contribution is -0.125. The Labute approximate surface area is 139 Å². The van der Waals surface area contributed by atoms with Gasteiger partial charge >= 0.3 is 0 Å². The van der Waals surface area contributed by atoms with Crippen LogP contribution in [0.3, 0.4) is 0 Å². The molecule has 4 rings (SSSR count). The Bertz CT molecular complexity index is 640. The van der Waals surface area contributed by atoms with Crippen LogP contribution in [0.2, 0.25) is 0 Å². The summed E-state index contributed by atoms with van der Waals surface area (Å²) in [5, 5.41) is 6.17. The monoisotopic (exact) mass is 337 g/mol. The van der Waals surface area contributed by atoms with Crippen molar-refractivity contribution >= 4 is 5.91 Å². The molecule has 0 radical (unpaired) electrons. The number of para-hydroxylation sites is 1. The number of hydrogen-bond donors (Lipinski definition) is 2. The molecule has 3 aliphatic rings. The predicted molar refractivity (Wildman–Crippen MR) is 84.2 cm³/mol. The summed E-state index contributed by atoms with van der Waals surface area (Å²) in [5.41, 5.74) is 0.971. The molecule has 0 bridgehead atoms. The second kappa shape index (κ2) is 5.97. The van der Waals surface area contributed by atoms with Crippen molar-refractivity contribution in [1.82, 2.24) is 15.5 Å². The lowest BCUT2D eigenvalue weighted by Gasteiger charge is -2.36. The molecule has 1 aromatic carbocycles. The highest BCUT2D eigenvalue weighted by Gasteiger charge is 2.47. The predicted octanol–water partition coefficient (Wildman–Crippen LogP) is 1.31. The van der Waals surface area contributed by atoms with Crippen LogP contribution in [0.15, 0.2) is 24.3 Å². The third kappa shape index (κ3) is 2.98. The molecule has 3 atom stereocenters. The van der Waals surface area contributed by atoms with Crippen molar-refractivity contribution in [2.75, 3.05) is 26.2 Å². The Hall–Kier alpha value is -1.73. The van der Waals surface area contributed by atoms with E-state index in [9.17, 15) is 13.6 Å². The molecule has 2 saturated heterocycles. The van der Waals surface area contributed by atoms with Crippen LogP contribution >= 0.6 is 0 Å². The average molecular weight is 337 g/mol. The van der Waals surface area contributed by atoms with E-state index in [1.807, 2.05) is 24.3 Å². The molecular weight excluding hydrogens is 316 g/mol. The van der Waals surface area contributed by atoms with Gasteiger partial charge in [-0.25, -0.2) is 8.78 Å². The van der Waals surface area contributed by atoms with Crippen LogP contribution < -0.4 is 15.4 Å². The van der Waals surface area contributed by atoms with E-state index in [1.54, 1.807) is 4.90 Å². The number of ether oxygens (including phenoxy) is 1. The quantitative estimate of drug-likeness (QED) is 0.854. The van der Waals surface area contributed by atoms with Crippen LogP contribution in [-0.4, -0.2) is 55.1 Å². The van der Waals surface area contributed by atoms with Crippen molar-refractivity contribution in [2.24, 2.45) is 0 Å². The van der Waals surface area contributed by atoms with Gasteiger partial charge in [-0.1, -0.05) is 18.2 Å². The summed E-state index contributed by atoms with van der Waals surface area (Å²) in [5.74, 6) is -1.98. The number of fused-ring (bicyclic) bond motifs is 2. The Morgan fingerprint density at radius 3 is 3.08 bits per heavy atom. The molecule has 0 aliphatic carbocycles. The number of nitrogens with one attached hydrogen (secondary N) is 2. The van der Waals surface area contributed by atoms with Crippen LogP contribution in [-0.2, 0) is 4.79 Å². The SMILES string of the molecule is O=C(N[C@@H]1CCOc2ccccc21)C1CN2CC(F)(F)CC2CN1. The van der Waals surface area contributed by atoms with E-state index in [2.05, 4.69) is 10.6 Å². The maximum atomic E-state index is 13.5. The molecule has 0 saturated carbocycles. The summed E-state index contributed by atoms with van der Waals surface area (Å²) in [6, 6.07) is 6.94. The highest BCUT2D eigenvalue weighted by Crippen LogP contribution is 2.34. The maximum absolute atomic E-state index is 13.5. The van der Waals surface area contributed by atoms with Gasteiger partial charge in [0.1, 0.15) is 5.75 Å². The number of halogens is 2. The fourth-order valence-electron chi connectivity index (χ4n) is 3.90. The second-order valence-electron chi connectivity index (χ2n) is 6.84. The summed E-state index contributed by atoms with van der Waals surface area (Å²) in [4.78, 5) is 14.3. The van der Waals surface area contributed by atoms with Crippen molar-refractivity contribution in [3.63, 3.8) is 0 Å². The van der Waals surface area contributed by atoms with E-state index in [-0.39, 0.29) is 31.0 Å². The summed E-state index contributed by atoms with van der Waals surface area (Å²) in [7, 11) is 0. The summed E-state index contributed by atoms with van der Waals surface area (Å²) in [6.07, 6.45) is 0.585. The fourth-order valence-corrected chi connectivity index (χ4v) is 3.90. The molecule has 3 heterocycles. The molecule has 0 aromatic heterocycles. The molecule has 0 spiro atoms. The zero-order valence-electron chi connectivity index (χ0n) is 13.3. The first-order valence-electron chi connectivity index (χ1n) is 8.39. The largest absolute Gasteiger partial charge is 0.493 e. The maximum Gasteiger partial charge on any atom is 0.262 e. The lowest BCUT2D eigenvalue weighted by Crippen LogP contribution is -2.59. The van der Waals surface area contributed by atoms with E-state index in [0.29, 0.717) is 26.1 Å². The highest BCUT2D eigenvalue weighted by atomic mass is 19.3. The van der Waals surface area contributed by atoms with E-state index < -0.39 is 12.0 Å². The topological polar surface area (TPSA) is 53.6 Å². The molecule has 7 heteroatoms. The van der Waals surface area contributed by atoms with Crippen molar-refractivity contribution in [2.45, 2.75) is 36.9 Å². The number of hydrogen-bond acceptors (Lipinski definition) is 4. The number of alkyl halides is 2. The van der Waals surface area contributed by atoms with E-state index in [4.69, 9.17) is 4.74 Å². The van der Waals surface area contributed by atoms with E-state index in [1.165, 1.54) is 0 Å². The highest BCUT2D eigenvalue weighted by molar-refractivity contribution is 5.82. The number of carbonyl (C=O) groups excluding carboxylic acids is 1. The zero-order chi connectivity index (χ0) is 16.7. The third-order valence-electron chi connectivity index (χ3n) is 5.09. The molecule has 24 heavy (non-hydrogen) atoms. The zero-order valence-corrected chi connectivity index (χ0v) is 13.3. The van der Waals surface area contributed by atoms with Gasteiger partial charge in [-0.05, 0) is 6.07 Å². The Morgan fingerprint density at radius 2 is 2.21 bits per heavy atom. The fraction of sp³-hybridized carbons (Fsp3) is 0.588. The first kappa shape index (κ1) is 15.8. The normalized spacial score (nSPS) is 31.7. The lowest BCUT2D eigenvalue weighted by atomic mass is 10.00. The van der Waals surface area contributed by atoms with Crippen LogP contribution in [0.1, 0.15) is 24.4 Å². The standard InChI is InChI=1S/C17H21F2N3O2/c18-17(19)7-11-8-20-14(9-22(11)10-17)16(23)21-13-5-6-24-15-4-2-1-3-12(13)15/h1-4,11,13-14,20H,5-10H2,(H,21,23)/t11?,13-,14?/m1/s1. The minimum Gasteiger partial charge on any atom is -0.493 e. The van der Waals surface area contributed by atoms with Gasteiger partial charge in [0, 0.05) is 37.5 Å². The minimum atomic E-state index is -2.64. The average Bonchev–Trinajstić information content (AvgIpc) is 2.88. The molecule has 1 amide bonds. The molecule has 2 unspecified atom stereocenters. The number of piperazine rings is 1. The summed E-state index contributed by atoms with van der Waals surface area (Å²) >= 11 is 0. The minimum absolute atomic E-state index is 0.0954. The Kier molecular flexibility index (Phi) is 3.92. The Balaban J connectivity index is 1.41. The molecule has 3 aliphatic heterocycles. The van der Waals surface area contributed by atoms with Gasteiger partial charge < -0.3 is 15.4 Å². The van der Waals surface area contributed by atoms with E-state index in [0.717, 1.165) is 11.3 Å². The first-order chi connectivity index (χ1) is 11.5. The number of amides is 1. The van der Waals surface area contributed by atoms with Crippen LogP contribution in [0.5, 0.6) is 5.75 Å². The molecule has 5 nitrogen and oxygen atoms in total. The van der Waals surface area contributed by atoms with Gasteiger partial charge in [0.2, 0.25) is 5.91 Å². The summed E-state index contributed by atoms with van der Waals surface area (Å²) in [6.45, 7) is 1.07. The molecule has 130 valence electrons. The number of nitrogens with zero attached hydrogens (tertiary/aromatic N) is 1. The second-order valence-corrected chi connectivity index (χ2v) is 6.84. The van der Waals surface area contributed by atoms with Gasteiger partial charge in [-0.2, -0.15) is 0 Å². The van der Waals surface area contributed by atoms with Crippen molar-refractivity contribution in [3.8, 4) is 5.75 Å². The van der Waals surface area contributed by atoms with Gasteiger partial charge in [0.15, 0.2) is 0 Å². The van der Waals surface area contributed by atoms with Crippen LogP contribution in [0.4, 0.5) is 8.78 Å². The molecular formula is C17H21F2N3O2. The third-order valence-corrected chi connectivity index (χ3v) is 5.09. The van der Waals surface area contributed by atoms with Crippen LogP contribution in [0.25, 0.3) is 0 Å². The molecule has 2 N–H and O–H groups in total. The number of rotatable bonds is 2. The van der Waals surface area contributed by atoms with Gasteiger partial charge in [-0.3, -0.25) is 9.69 Å². The molecule has 1 aromatic rings. The molecule has 2 fully saturated rings. The number of benzene rings is 1. The van der Waals surface area contributed by atoms with Gasteiger partial charge in [0.05, 0.1) is 25.2 Å². The first-order valence-corrected chi connectivity index (χ1v) is 8.39.